The summed E-state index contributed by atoms with van der Waals surface area (Å²) < 4.78 is 33.5. The normalized spacial score (nSPS) is 26.5. The lowest BCUT2D eigenvalue weighted by atomic mass is 9.98. The number of carbonyl (C=O) groups excluding carboxylic acids is 2. The smallest absolute Gasteiger partial charge is 0.306 e. The van der Waals surface area contributed by atoms with Crippen molar-refractivity contribution < 1.29 is 73.8 Å². The predicted molar refractivity (Wildman–Crippen MR) is 261 cm³/mol. The van der Waals surface area contributed by atoms with Gasteiger partial charge in [0, 0.05) is 12.8 Å². The van der Waals surface area contributed by atoms with Gasteiger partial charge in [-0.2, -0.15) is 0 Å². The Balaban J connectivity index is 1.84. The molecule has 7 N–H and O–H groups in total. The first kappa shape index (κ1) is 60.8. The van der Waals surface area contributed by atoms with Gasteiger partial charge in [-0.15, -0.1) is 0 Å². The zero-order valence-corrected chi connectivity index (χ0v) is 40.8. The van der Waals surface area contributed by atoms with Crippen molar-refractivity contribution in [3.63, 3.8) is 0 Å². The molecule has 2 heterocycles. The van der Waals surface area contributed by atoms with E-state index in [2.05, 4.69) is 62.5 Å². The number of aliphatic hydroxyl groups excluding tert-OH is 7. The van der Waals surface area contributed by atoms with E-state index in [9.17, 15) is 45.3 Å². The monoisotopic (exact) mass is 963 g/mol. The third-order valence-corrected chi connectivity index (χ3v) is 11.5. The van der Waals surface area contributed by atoms with Crippen molar-refractivity contribution in [3.8, 4) is 0 Å². The fourth-order valence-electron chi connectivity index (χ4n) is 7.29. The van der Waals surface area contributed by atoms with Crippen molar-refractivity contribution >= 4 is 11.9 Å². The number of hydrogen-bond donors (Lipinski definition) is 7. The van der Waals surface area contributed by atoms with Crippen LogP contribution in [0.25, 0.3) is 0 Å². The van der Waals surface area contributed by atoms with Crippen molar-refractivity contribution in [2.75, 3.05) is 26.4 Å². The minimum Gasteiger partial charge on any atom is -0.462 e. The maximum Gasteiger partial charge on any atom is 0.306 e. The summed E-state index contributed by atoms with van der Waals surface area (Å²) in [7, 11) is 0. The highest BCUT2D eigenvalue weighted by Gasteiger charge is 2.47. The largest absolute Gasteiger partial charge is 0.462 e. The van der Waals surface area contributed by atoms with Crippen LogP contribution in [0.2, 0.25) is 0 Å². The van der Waals surface area contributed by atoms with Crippen LogP contribution in [0.15, 0.2) is 85.1 Å². The molecule has 2 aliphatic rings. The molecule has 2 saturated heterocycles. The third-order valence-electron chi connectivity index (χ3n) is 11.5. The second-order valence-corrected chi connectivity index (χ2v) is 17.3. The minimum atomic E-state index is -1.78. The van der Waals surface area contributed by atoms with Crippen molar-refractivity contribution in [1.82, 2.24) is 0 Å². The SMILES string of the molecule is CC/C=C/C=C/C=C/C=C/CCCCCCCC(=O)O[C@@H](COC(=O)CCCCCC/C=C/C/C=C/C/C=C/CCCCC)CO[C@@H]1O[C@H](CO[C@@H]2O[C@H](CO)[C@H](O)C(O)C2O)[C@H](O)C(O)C1O. The number of aliphatic hydroxyl groups is 7. The van der Waals surface area contributed by atoms with Gasteiger partial charge in [-0.1, -0.05) is 144 Å². The summed E-state index contributed by atoms with van der Waals surface area (Å²) in [5, 5.41) is 72.1. The van der Waals surface area contributed by atoms with Crippen LogP contribution in [0.3, 0.4) is 0 Å². The van der Waals surface area contributed by atoms with Crippen LogP contribution in [-0.2, 0) is 38.0 Å². The van der Waals surface area contributed by atoms with Crippen molar-refractivity contribution in [2.45, 2.75) is 210 Å². The number of rotatable bonds is 37. The van der Waals surface area contributed by atoms with E-state index >= 15 is 0 Å². The standard InChI is InChI=1S/C53H86O15/c1-3-5-7-9-11-13-15-17-19-20-22-23-25-27-29-31-33-35-44(55)63-38-41(66-45(56)36-34-32-30-28-26-24-21-18-16-14-12-10-8-6-4-2)39-64-52-51(62)49(60)47(58)43(68-52)40-65-53-50(61)48(59)46(57)42(37-54)67-53/h6,8,10-14,16-19,21-23,41-43,46-54,57-62H,3-5,7,9,15,20,24-40H2,1-2H3/b8-6+,12-10+,13-11+,16-14+,19-17+,21-18+,23-22+/t41-,42+,43+,46-,47-,48?,49?,50?,51?,52+,53+/m0/s1. The van der Waals surface area contributed by atoms with E-state index in [4.69, 9.17) is 28.4 Å². The van der Waals surface area contributed by atoms with E-state index in [-0.39, 0.29) is 19.4 Å². The van der Waals surface area contributed by atoms with Crippen LogP contribution in [-0.4, -0.2) is 142 Å². The number of ether oxygens (including phenoxy) is 6. The molecule has 0 aromatic rings. The molecule has 0 aromatic heterocycles. The molecule has 15 heteroatoms. The summed E-state index contributed by atoms with van der Waals surface area (Å²) in [5.74, 6) is -0.987. The van der Waals surface area contributed by atoms with Crippen molar-refractivity contribution in [2.24, 2.45) is 0 Å². The summed E-state index contributed by atoms with van der Waals surface area (Å²) in [6.07, 6.45) is 30.3. The second kappa shape index (κ2) is 39.4. The van der Waals surface area contributed by atoms with Gasteiger partial charge in [0.15, 0.2) is 18.7 Å². The van der Waals surface area contributed by atoms with Gasteiger partial charge in [0.1, 0.15) is 55.4 Å². The average Bonchev–Trinajstić information content (AvgIpc) is 3.33. The van der Waals surface area contributed by atoms with E-state index in [1.165, 1.54) is 19.3 Å². The van der Waals surface area contributed by atoms with Gasteiger partial charge in [-0.25, -0.2) is 0 Å². The molecule has 15 nitrogen and oxygen atoms in total. The van der Waals surface area contributed by atoms with Crippen LogP contribution in [0, 0.1) is 0 Å². The molecule has 0 aromatic carbocycles. The van der Waals surface area contributed by atoms with Crippen LogP contribution in [0.1, 0.15) is 142 Å². The molecule has 68 heavy (non-hydrogen) atoms. The maximum atomic E-state index is 13.0. The molecule has 0 saturated carbocycles. The first-order chi connectivity index (χ1) is 33.0. The van der Waals surface area contributed by atoms with Gasteiger partial charge >= 0.3 is 11.9 Å². The van der Waals surface area contributed by atoms with Crippen LogP contribution >= 0.6 is 0 Å². The van der Waals surface area contributed by atoms with Gasteiger partial charge in [-0.05, 0) is 70.6 Å². The Morgan fingerprint density at radius 2 is 0.985 bits per heavy atom. The molecule has 2 aliphatic heterocycles. The lowest BCUT2D eigenvalue weighted by molar-refractivity contribution is -0.332. The first-order valence-corrected chi connectivity index (χ1v) is 25.2. The molecule has 0 radical (unpaired) electrons. The molecule has 0 aliphatic carbocycles. The van der Waals surface area contributed by atoms with Crippen LogP contribution in [0.4, 0.5) is 0 Å². The van der Waals surface area contributed by atoms with Gasteiger partial charge in [-0.3, -0.25) is 9.59 Å². The predicted octanol–water partition coefficient (Wildman–Crippen LogP) is 6.82. The highest BCUT2D eigenvalue weighted by molar-refractivity contribution is 5.70. The Morgan fingerprint density at radius 3 is 1.59 bits per heavy atom. The lowest BCUT2D eigenvalue weighted by Gasteiger charge is -2.42. The van der Waals surface area contributed by atoms with Gasteiger partial charge in [0.25, 0.3) is 0 Å². The summed E-state index contributed by atoms with van der Waals surface area (Å²) in [5.41, 5.74) is 0. The summed E-state index contributed by atoms with van der Waals surface area (Å²) in [6, 6.07) is 0. The average molecular weight is 963 g/mol. The summed E-state index contributed by atoms with van der Waals surface area (Å²) in [6.45, 7) is 2.35. The van der Waals surface area contributed by atoms with E-state index in [1.54, 1.807) is 0 Å². The van der Waals surface area contributed by atoms with Gasteiger partial charge < -0.3 is 64.2 Å². The Labute approximate surface area is 405 Å². The summed E-state index contributed by atoms with van der Waals surface area (Å²) in [4.78, 5) is 25.7. The Bertz CT molecular complexity index is 1510. The fraction of sp³-hybridized carbons (Fsp3) is 0.698. The number of unbranched alkanes of at least 4 members (excludes halogenated alkanes) is 12. The summed E-state index contributed by atoms with van der Waals surface area (Å²) >= 11 is 0. The molecular weight excluding hydrogens is 877 g/mol. The number of esters is 2. The molecule has 2 rings (SSSR count). The topological polar surface area (TPSA) is 231 Å². The van der Waals surface area contributed by atoms with E-state index in [0.717, 1.165) is 83.5 Å². The molecule has 2 fully saturated rings. The molecule has 0 spiro atoms. The van der Waals surface area contributed by atoms with Gasteiger partial charge in [0.2, 0.25) is 0 Å². The van der Waals surface area contributed by atoms with Crippen LogP contribution in [0.5, 0.6) is 0 Å². The Kier molecular flexibility index (Phi) is 35.2. The van der Waals surface area contributed by atoms with Crippen LogP contribution < -0.4 is 0 Å². The Morgan fingerprint density at radius 1 is 0.500 bits per heavy atom. The van der Waals surface area contributed by atoms with Gasteiger partial charge in [0.05, 0.1) is 19.8 Å². The van der Waals surface area contributed by atoms with E-state index in [0.29, 0.717) is 12.8 Å². The zero-order chi connectivity index (χ0) is 49.6. The quantitative estimate of drug-likeness (QED) is 0.0147. The zero-order valence-electron chi connectivity index (χ0n) is 40.8. The Hall–Kier alpha value is -3.32. The number of hydrogen-bond acceptors (Lipinski definition) is 15. The maximum absolute atomic E-state index is 13.0. The second-order valence-electron chi connectivity index (χ2n) is 17.3. The molecule has 11 atom stereocenters. The molecule has 4 unspecified atom stereocenters. The molecular formula is C53H86O15. The highest BCUT2D eigenvalue weighted by Crippen LogP contribution is 2.26. The first-order valence-electron chi connectivity index (χ1n) is 25.2. The van der Waals surface area contributed by atoms with Crippen molar-refractivity contribution in [1.29, 1.82) is 0 Å². The number of allylic oxidation sites excluding steroid dienone is 14. The highest BCUT2D eigenvalue weighted by atomic mass is 16.7. The van der Waals surface area contributed by atoms with Crippen molar-refractivity contribution in [3.05, 3.63) is 85.1 Å². The van der Waals surface area contributed by atoms with E-state index in [1.807, 2.05) is 36.5 Å². The third kappa shape index (κ3) is 27.2. The lowest BCUT2D eigenvalue weighted by Crippen LogP contribution is -2.61. The molecule has 388 valence electrons. The van der Waals surface area contributed by atoms with E-state index < -0.39 is 99.3 Å². The minimum absolute atomic E-state index is 0.129. The number of carbonyl (C=O) groups is 2. The molecule has 0 amide bonds. The fourth-order valence-corrected chi connectivity index (χ4v) is 7.29. The molecule has 0 bridgehead atoms.